The van der Waals surface area contributed by atoms with Crippen molar-refractivity contribution < 1.29 is 9.13 Å². The van der Waals surface area contributed by atoms with Gasteiger partial charge in [0.15, 0.2) is 0 Å². The Hall–Kier alpha value is -3.58. The highest BCUT2D eigenvalue weighted by atomic mass is 19.1. The summed E-state index contributed by atoms with van der Waals surface area (Å²) in [5, 5.41) is 4.03. The number of pyridine rings is 1. The summed E-state index contributed by atoms with van der Waals surface area (Å²) in [5.74, 6) is 0.108. The maximum atomic E-state index is 14.3. The van der Waals surface area contributed by atoms with E-state index in [2.05, 4.69) is 37.3 Å². The summed E-state index contributed by atoms with van der Waals surface area (Å²) >= 11 is 0. The average Bonchev–Trinajstić information content (AvgIpc) is 2.80. The topological polar surface area (TPSA) is 63.2 Å². The highest BCUT2D eigenvalue weighted by molar-refractivity contribution is 5.91. The van der Waals surface area contributed by atoms with E-state index < -0.39 is 0 Å². The summed E-state index contributed by atoms with van der Waals surface area (Å²) < 4.78 is 19.7. The molecule has 1 N–H and O–H groups in total. The van der Waals surface area contributed by atoms with Crippen molar-refractivity contribution in [3.63, 3.8) is 0 Å². The van der Waals surface area contributed by atoms with E-state index >= 15 is 0 Å². The zero-order chi connectivity index (χ0) is 20.3. The third-order valence-electron chi connectivity index (χ3n) is 5.13. The number of fused-ring (bicyclic) bond motifs is 1. The smallest absolute Gasteiger partial charge is 0.227 e. The van der Waals surface area contributed by atoms with Gasteiger partial charge in [-0.25, -0.2) is 14.4 Å². The molecule has 0 saturated carbocycles. The van der Waals surface area contributed by atoms with E-state index in [0.717, 1.165) is 43.1 Å². The predicted molar refractivity (Wildman–Crippen MR) is 115 cm³/mol. The molecular formula is C23H20FN5O. The molecule has 2 aromatic carbocycles. The highest BCUT2D eigenvalue weighted by Crippen LogP contribution is 2.28. The van der Waals surface area contributed by atoms with Crippen LogP contribution >= 0.6 is 0 Å². The summed E-state index contributed by atoms with van der Waals surface area (Å²) in [7, 11) is 0. The SMILES string of the molecule is Fc1ccccc1-c1nccc2cnc(Nc3ccc(N4CCOCC4)cc3)nc12. The predicted octanol–water partition coefficient (Wildman–Crippen LogP) is 4.41. The van der Waals surface area contributed by atoms with Gasteiger partial charge in [-0.3, -0.25) is 4.98 Å². The van der Waals surface area contributed by atoms with Gasteiger partial charge >= 0.3 is 0 Å². The van der Waals surface area contributed by atoms with E-state index in [4.69, 9.17) is 4.74 Å². The second-order valence-corrected chi connectivity index (χ2v) is 7.04. The monoisotopic (exact) mass is 401 g/mol. The number of benzene rings is 2. The Labute approximate surface area is 173 Å². The second kappa shape index (κ2) is 8.04. The van der Waals surface area contributed by atoms with E-state index in [0.29, 0.717) is 22.7 Å². The van der Waals surface area contributed by atoms with Crippen molar-refractivity contribution >= 4 is 28.2 Å². The molecule has 0 atom stereocenters. The summed E-state index contributed by atoms with van der Waals surface area (Å²) in [4.78, 5) is 15.7. The molecule has 0 unspecified atom stereocenters. The molecule has 7 heteroatoms. The van der Waals surface area contributed by atoms with Gasteiger partial charge in [0.25, 0.3) is 0 Å². The molecule has 0 radical (unpaired) electrons. The molecule has 1 aliphatic heterocycles. The van der Waals surface area contributed by atoms with Crippen LogP contribution in [0.25, 0.3) is 22.2 Å². The number of aromatic nitrogens is 3. The Morgan fingerprint density at radius 3 is 2.53 bits per heavy atom. The fourth-order valence-corrected chi connectivity index (χ4v) is 3.57. The number of rotatable bonds is 4. The molecule has 1 fully saturated rings. The Balaban J connectivity index is 1.44. The molecule has 0 aliphatic carbocycles. The highest BCUT2D eigenvalue weighted by Gasteiger charge is 2.13. The molecular weight excluding hydrogens is 381 g/mol. The van der Waals surface area contributed by atoms with Gasteiger partial charge in [0, 0.05) is 47.8 Å². The van der Waals surface area contributed by atoms with Crippen LogP contribution in [0.5, 0.6) is 0 Å². The van der Waals surface area contributed by atoms with Gasteiger partial charge in [-0.15, -0.1) is 0 Å². The van der Waals surface area contributed by atoms with Crippen LogP contribution in [-0.2, 0) is 4.74 Å². The third kappa shape index (κ3) is 3.67. The van der Waals surface area contributed by atoms with Crippen LogP contribution in [0.2, 0.25) is 0 Å². The Bertz CT molecular complexity index is 1180. The van der Waals surface area contributed by atoms with E-state index in [1.165, 1.54) is 6.07 Å². The van der Waals surface area contributed by atoms with Crippen LogP contribution in [-0.4, -0.2) is 41.3 Å². The van der Waals surface area contributed by atoms with Crippen molar-refractivity contribution in [2.75, 3.05) is 36.5 Å². The quantitative estimate of drug-likeness (QED) is 0.547. The van der Waals surface area contributed by atoms with Gasteiger partial charge in [-0.05, 0) is 42.5 Å². The minimum absolute atomic E-state index is 0.329. The fourth-order valence-electron chi connectivity index (χ4n) is 3.57. The molecule has 2 aromatic heterocycles. The van der Waals surface area contributed by atoms with Crippen LogP contribution in [0.15, 0.2) is 67.0 Å². The lowest BCUT2D eigenvalue weighted by Crippen LogP contribution is -2.36. The lowest BCUT2D eigenvalue weighted by atomic mass is 10.1. The van der Waals surface area contributed by atoms with Crippen LogP contribution < -0.4 is 10.2 Å². The molecule has 1 aliphatic rings. The lowest BCUT2D eigenvalue weighted by molar-refractivity contribution is 0.122. The molecule has 6 nitrogen and oxygen atoms in total. The van der Waals surface area contributed by atoms with Gasteiger partial charge in [0.2, 0.25) is 5.95 Å². The zero-order valence-electron chi connectivity index (χ0n) is 16.3. The molecule has 4 aromatic rings. The molecule has 1 saturated heterocycles. The first kappa shape index (κ1) is 18.4. The first-order valence-corrected chi connectivity index (χ1v) is 9.84. The van der Waals surface area contributed by atoms with Crippen molar-refractivity contribution in [1.82, 2.24) is 15.0 Å². The molecule has 0 spiro atoms. The summed E-state index contributed by atoms with van der Waals surface area (Å²) in [6.07, 6.45) is 3.36. The number of nitrogens with one attached hydrogen (secondary N) is 1. The van der Waals surface area contributed by atoms with Crippen LogP contribution in [0.3, 0.4) is 0 Å². The van der Waals surface area contributed by atoms with Gasteiger partial charge in [0.1, 0.15) is 11.3 Å². The van der Waals surface area contributed by atoms with Crippen LogP contribution in [0.4, 0.5) is 21.7 Å². The van der Waals surface area contributed by atoms with Crippen molar-refractivity contribution in [3.8, 4) is 11.3 Å². The summed E-state index contributed by atoms with van der Waals surface area (Å²) in [5.41, 5.74) is 3.56. The largest absolute Gasteiger partial charge is 0.378 e. The Morgan fingerprint density at radius 2 is 1.73 bits per heavy atom. The lowest BCUT2D eigenvalue weighted by Gasteiger charge is -2.28. The van der Waals surface area contributed by atoms with Gasteiger partial charge in [0.05, 0.1) is 18.9 Å². The number of hydrogen-bond donors (Lipinski definition) is 1. The van der Waals surface area contributed by atoms with Crippen molar-refractivity contribution in [3.05, 3.63) is 72.8 Å². The normalized spacial score (nSPS) is 14.1. The molecule has 0 bridgehead atoms. The van der Waals surface area contributed by atoms with Gasteiger partial charge in [-0.1, -0.05) is 12.1 Å². The Morgan fingerprint density at radius 1 is 0.933 bits per heavy atom. The average molecular weight is 401 g/mol. The van der Waals surface area contributed by atoms with Crippen LogP contribution in [0, 0.1) is 5.82 Å². The van der Waals surface area contributed by atoms with E-state index in [1.807, 2.05) is 18.2 Å². The molecule has 5 rings (SSSR count). The zero-order valence-corrected chi connectivity index (χ0v) is 16.3. The molecule has 150 valence electrons. The van der Waals surface area contributed by atoms with Crippen molar-refractivity contribution in [1.29, 1.82) is 0 Å². The second-order valence-electron chi connectivity index (χ2n) is 7.04. The number of halogens is 1. The maximum absolute atomic E-state index is 14.3. The summed E-state index contributed by atoms with van der Waals surface area (Å²) in [6.45, 7) is 3.30. The number of nitrogens with zero attached hydrogens (tertiary/aromatic N) is 4. The Kier molecular flexibility index (Phi) is 4.94. The van der Waals surface area contributed by atoms with E-state index in [9.17, 15) is 4.39 Å². The first-order valence-electron chi connectivity index (χ1n) is 9.84. The third-order valence-corrected chi connectivity index (χ3v) is 5.13. The number of ether oxygens (including phenoxy) is 1. The van der Waals surface area contributed by atoms with Crippen molar-refractivity contribution in [2.45, 2.75) is 0 Å². The van der Waals surface area contributed by atoms with E-state index in [-0.39, 0.29) is 5.82 Å². The van der Waals surface area contributed by atoms with E-state index in [1.54, 1.807) is 30.6 Å². The maximum Gasteiger partial charge on any atom is 0.227 e. The number of hydrogen-bond acceptors (Lipinski definition) is 6. The van der Waals surface area contributed by atoms with Gasteiger partial charge < -0.3 is 15.0 Å². The number of anilines is 3. The molecule has 30 heavy (non-hydrogen) atoms. The standard InChI is InChI=1S/C23H20FN5O/c24-20-4-2-1-3-19(20)22-21-16(9-10-25-22)15-26-23(28-21)27-17-5-7-18(8-6-17)29-11-13-30-14-12-29/h1-10,15H,11-14H2,(H,26,27,28). The van der Waals surface area contributed by atoms with Crippen molar-refractivity contribution in [2.24, 2.45) is 0 Å². The van der Waals surface area contributed by atoms with Gasteiger partial charge in [-0.2, -0.15) is 0 Å². The minimum atomic E-state index is -0.329. The number of morpholine rings is 1. The fraction of sp³-hybridized carbons (Fsp3) is 0.174. The summed E-state index contributed by atoms with van der Waals surface area (Å²) in [6, 6.07) is 16.5. The first-order chi connectivity index (χ1) is 14.8. The van der Waals surface area contributed by atoms with Crippen LogP contribution in [0.1, 0.15) is 0 Å². The molecule has 3 heterocycles. The molecule has 0 amide bonds. The minimum Gasteiger partial charge on any atom is -0.378 e.